The highest BCUT2D eigenvalue weighted by atomic mass is 16.5. The summed E-state index contributed by atoms with van der Waals surface area (Å²) in [4.78, 5) is 33.7. The zero-order valence-electron chi connectivity index (χ0n) is 10.8. The fourth-order valence-corrected chi connectivity index (χ4v) is 1.74. The summed E-state index contributed by atoms with van der Waals surface area (Å²) in [5.41, 5.74) is -0.148. The van der Waals surface area contributed by atoms with E-state index >= 15 is 0 Å². The van der Waals surface area contributed by atoms with Crippen LogP contribution in [0.15, 0.2) is 35.1 Å². The summed E-state index contributed by atoms with van der Waals surface area (Å²) in [7, 11) is 0. The fraction of sp³-hybridized carbons (Fsp3) is 0.0769. The maximum atomic E-state index is 11.7. The molecule has 8 nitrogen and oxygen atoms in total. The van der Waals surface area contributed by atoms with Crippen LogP contribution in [0.3, 0.4) is 0 Å². The molecule has 3 rings (SSSR count). The number of para-hydroxylation sites is 1. The van der Waals surface area contributed by atoms with Crippen molar-refractivity contribution in [1.82, 2.24) is 15.0 Å². The standard InChI is InChI=1S/C13H11N5O3/c19-9(6-21-8-4-2-1-3-5-8)16-13-17-11-10(12(20)18-13)14-7-15-11/h1-5,7,14H,6H2,(H2,16,17,18,19,20)/q+1. The summed E-state index contributed by atoms with van der Waals surface area (Å²) >= 11 is 0. The maximum Gasteiger partial charge on any atom is 0.345 e. The molecule has 0 unspecified atom stereocenters. The zero-order valence-corrected chi connectivity index (χ0v) is 10.8. The van der Waals surface area contributed by atoms with E-state index in [4.69, 9.17) is 4.74 Å². The molecule has 2 heterocycles. The van der Waals surface area contributed by atoms with Crippen LogP contribution >= 0.6 is 0 Å². The molecule has 1 aromatic carbocycles. The number of anilines is 2. The van der Waals surface area contributed by atoms with Crippen molar-refractivity contribution in [3.63, 3.8) is 0 Å². The van der Waals surface area contributed by atoms with Crippen molar-refractivity contribution in [1.29, 1.82) is 0 Å². The van der Waals surface area contributed by atoms with Crippen LogP contribution in [0.1, 0.15) is 0 Å². The number of aromatic amines is 1. The van der Waals surface area contributed by atoms with E-state index in [0.29, 0.717) is 5.75 Å². The average Bonchev–Trinajstić information content (AvgIpc) is 2.95. The third-order valence-electron chi connectivity index (χ3n) is 2.67. The molecule has 21 heavy (non-hydrogen) atoms. The van der Waals surface area contributed by atoms with E-state index in [0.717, 1.165) is 0 Å². The minimum Gasteiger partial charge on any atom is -0.484 e. The number of nitrogens with one attached hydrogen (secondary N) is 3. The van der Waals surface area contributed by atoms with E-state index in [-0.39, 0.29) is 24.1 Å². The molecule has 1 radical (unpaired) electrons. The van der Waals surface area contributed by atoms with Gasteiger partial charge < -0.3 is 4.74 Å². The van der Waals surface area contributed by atoms with Crippen LogP contribution < -0.4 is 25.9 Å². The number of amides is 1. The van der Waals surface area contributed by atoms with Crippen molar-refractivity contribution in [2.24, 2.45) is 0 Å². The quantitative estimate of drug-likeness (QED) is 0.743. The Morgan fingerprint density at radius 1 is 1.33 bits per heavy atom. The molecule has 3 N–H and O–H groups in total. The van der Waals surface area contributed by atoms with E-state index in [1.807, 2.05) is 6.07 Å². The van der Waals surface area contributed by atoms with Gasteiger partial charge in [-0.25, -0.2) is 0 Å². The van der Waals surface area contributed by atoms with Crippen LogP contribution in [0.5, 0.6) is 5.75 Å². The first-order chi connectivity index (χ1) is 10.2. The van der Waals surface area contributed by atoms with Crippen LogP contribution in [-0.2, 0) is 4.79 Å². The summed E-state index contributed by atoms with van der Waals surface area (Å²) in [6, 6.07) is 8.93. The van der Waals surface area contributed by atoms with Crippen molar-refractivity contribution in [3.05, 3.63) is 40.7 Å². The lowest BCUT2D eigenvalue weighted by atomic mass is 10.3. The highest BCUT2D eigenvalue weighted by Gasteiger charge is 2.23. The largest absolute Gasteiger partial charge is 0.484 e. The van der Waals surface area contributed by atoms with Gasteiger partial charge in [0.2, 0.25) is 12.0 Å². The van der Waals surface area contributed by atoms with Gasteiger partial charge in [0.1, 0.15) is 5.75 Å². The van der Waals surface area contributed by atoms with Gasteiger partial charge in [-0.1, -0.05) is 28.2 Å². The van der Waals surface area contributed by atoms with Gasteiger partial charge >= 0.3 is 5.82 Å². The van der Waals surface area contributed by atoms with E-state index in [2.05, 4.69) is 25.6 Å². The second-order valence-electron chi connectivity index (χ2n) is 4.17. The molecule has 2 aromatic rings. The Kier molecular flexibility index (Phi) is 3.34. The number of nitrogens with zero attached hydrogens (tertiary/aromatic N) is 2. The van der Waals surface area contributed by atoms with Crippen LogP contribution in [-0.4, -0.2) is 28.8 Å². The lowest BCUT2D eigenvalue weighted by molar-refractivity contribution is -0.118. The molecular formula is C13H11N5O3+. The normalized spacial score (nSPS) is 11.6. The molecule has 1 aliphatic heterocycles. The van der Waals surface area contributed by atoms with Gasteiger partial charge in [-0.15, -0.1) is 0 Å². The first kappa shape index (κ1) is 12.9. The van der Waals surface area contributed by atoms with Crippen molar-refractivity contribution in [3.8, 4) is 5.75 Å². The second kappa shape index (κ2) is 5.45. The van der Waals surface area contributed by atoms with Gasteiger partial charge in [0.15, 0.2) is 6.61 Å². The number of hydrogen-bond donors (Lipinski definition) is 3. The summed E-state index contributed by atoms with van der Waals surface area (Å²) in [5, 5.41) is 5.11. The smallest absolute Gasteiger partial charge is 0.345 e. The number of aliphatic imine (C=N–C) groups is 1. The molecule has 0 spiro atoms. The number of carbonyl (C=O) groups is 1. The predicted molar refractivity (Wildman–Crippen MR) is 76.9 cm³/mol. The number of fused-ring (bicyclic) bond motifs is 1. The summed E-state index contributed by atoms with van der Waals surface area (Å²) in [6.45, 7) is -0.188. The molecule has 0 atom stereocenters. The number of aromatic nitrogens is 2. The second-order valence-corrected chi connectivity index (χ2v) is 4.17. The summed E-state index contributed by atoms with van der Waals surface area (Å²) in [5.74, 6) is 0.410. The molecule has 0 fully saturated rings. The molecule has 0 saturated carbocycles. The minimum atomic E-state index is -0.433. The maximum absolute atomic E-state index is 11.7. The van der Waals surface area contributed by atoms with Gasteiger partial charge in [-0.05, 0) is 12.1 Å². The molecule has 1 aromatic heterocycles. The average molecular weight is 285 g/mol. The monoisotopic (exact) mass is 285 g/mol. The highest BCUT2D eigenvalue weighted by Crippen LogP contribution is 2.15. The highest BCUT2D eigenvalue weighted by molar-refractivity contribution is 5.91. The fourth-order valence-electron chi connectivity index (χ4n) is 1.74. The Hall–Kier alpha value is -3.16. The number of carbonyl (C=O) groups excluding carboxylic acids is 1. The van der Waals surface area contributed by atoms with Crippen LogP contribution in [0.25, 0.3) is 0 Å². The Bertz CT molecular complexity index is 754. The van der Waals surface area contributed by atoms with Gasteiger partial charge in [0.05, 0.1) is 0 Å². The van der Waals surface area contributed by atoms with Crippen molar-refractivity contribution >= 4 is 29.7 Å². The molecular weight excluding hydrogens is 274 g/mol. The Labute approximate surface area is 118 Å². The van der Waals surface area contributed by atoms with Crippen molar-refractivity contribution < 1.29 is 9.53 Å². The van der Waals surface area contributed by atoms with Crippen molar-refractivity contribution in [2.45, 2.75) is 0 Å². The Balaban J connectivity index is 1.64. The molecule has 8 heteroatoms. The topological polar surface area (TPSA) is 110 Å². The molecule has 1 amide bonds. The molecule has 1 aliphatic rings. The van der Waals surface area contributed by atoms with Crippen LogP contribution in [0.2, 0.25) is 0 Å². The first-order valence-electron chi connectivity index (χ1n) is 6.13. The number of benzene rings is 1. The number of H-pyrrole nitrogens is 1. The SMILES string of the molecule is O=C(COc1ccccc1)Nc1nc2c(c(=O)[nH]1)NC=[N+]2. The van der Waals surface area contributed by atoms with E-state index < -0.39 is 11.5 Å². The molecule has 0 bridgehead atoms. The summed E-state index contributed by atoms with van der Waals surface area (Å²) < 4.78 is 5.29. The Morgan fingerprint density at radius 3 is 2.95 bits per heavy atom. The van der Waals surface area contributed by atoms with Crippen molar-refractivity contribution in [2.75, 3.05) is 17.2 Å². The lowest BCUT2D eigenvalue weighted by Gasteiger charge is -2.05. The van der Waals surface area contributed by atoms with Crippen LogP contribution in [0, 0.1) is 0 Å². The third-order valence-corrected chi connectivity index (χ3v) is 2.67. The first-order valence-corrected chi connectivity index (χ1v) is 6.13. The number of ether oxygens (including phenoxy) is 1. The van der Waals surface area contributed by atoms with Gasteiger partial charge in [-0.2, -0.15) is 0 Å². The van der Waals surface area contributed by atoms with Gasteiger partial charge in [0.25, 0.3) is 17.4 Å². The van der Waals surface area contributed by atoms with Gasteiger partial charge in [-0.3, -0.25) is 25.2 Å². The third kappa shape index (κ3) is 2.89. The molecule has 105 valence electrons. The van der Waals surface area contributed by atoms with E-state index in [1.165, 1.54) is 6.34 Å². The van der Waals surface area contributed by atoms with Crippen LogP contribution in [0.4, 0.5) is 17.5 Å². The number of hydrogen-bond acceptors (Lipinski definition) is 6. The van der Waals surface area contributed by atoms with E-state index in [9.17, 15) is 9.59 Å². The Morgan fingerprint density at radius 2 is 2.14 bits per heavy atom. The zero-order chi connectivity index (χ0) is 14.7. The number of rotatable bonds is 4. The minimum absolute atomic E-state index is 0.0289. The van der Waals surface area contributed by atoms with E-state index in [1.54, 1.807) is 24.3 Å². The molecule has 0 aliphatic carbocycles. The van der Waals surface area contributed by atoms with Gasteiger partial charge in [0, 0.05) is 0 Å². The predicted octanol–water partition coefficient (Wildman–Crippen LogP) is 0.208. The lowest BCUT2D eigenvalue weighted by Crippen LogP contribution is -2.23. The molecule has 0 saturated heterocycles. The summed E-state index contributed by atoms with van der Waals surface area (Å²) in [6.07, 6.45) is 1.36.